The van der Waals surface area contributed by atoms with E-state index >= 15 is 0 Å². The summed E-state index contributed by atoms with van der Waals surface area (Å²) in [5, 5.41) is 12.1. The molecule has 3 heteroatoms. The monoisotopic (exact) mass is 650 g/mol. The molecule has 0 saturated carbocycles. The van der Waals surface area contributed by atoms with Crippen molar-refractivity contribution < 1.29 is 4.42 Å². The number of aromatic nitrogens is 1. The average Bonchev–Trinajstić information content (AvgIpc) is 3.75. The Morgan fingerprint density at radius 1 is 0.373 bits per heavy atom. The van der Waals surface area contributed by atoms with Gasteiger partial charge < -0.3 is 13.9 Å². The van der Waals surface area contributed by atoms with Gasteiger partial charge in [0.2, 0.25) is 0 Å². The second-order valence-electron chi connectivity index (χ2n) is 13.3. The largest absolute Gasteiger partial charge is 0.456 e. The van der Waals surface area contributed by atoms with Gasteiger partial charge in [-0.15, -0.1) is 0 Å². The molecule has 0 spiro atoms. The SMILES string of the molecule is c1ccc(-n2c3ccccc3c3c(N(c4ccc5ccc6c7ccccc7ccc6c5c4)c4cccc5oc6ccccc6c45)cccc32)cc1. The normalized spacial score (nSPS) is 11.9. The minimum Gasteiger partial charge on any atom is -0.456 e. The number of para-hydroxylation sites is 3. The van der Waals surface area contributed by atoms with Crippen LogP contribution in [0, 0.1) is 0 Å². The van der Waals surface area contributed by atoms with Crippen LogP contribution in [0.4, 0.5) is 17.1 Å². The van der Waals surface area contributed by atoms with Crippen molar-refractivity contribution >= 4 is 93.1 Å². The van der Waals surface area contributed by atoms with Crippen LogP contribution in [0.1, 0.15) is 0 Å². The zero-order valence-electron chi connectivity index (χ0n) is 27.6. The molecule has 11 rings (SSSR count). The minimum atomic E-state index is 0.871. The first kappa shape index (κ1) is 28.0. The van der Waals surface area contributed by atoms with Gasteiger partial charge in [0.15, 0.2) is 0 Å². The molecular weight excluding hydrogens is 621 g/mol. The fourth-order valence-corrected chi connectivity index (χ4v) is 8.34. The molecule has 2 heterocycles. The predicted molar refractivity (Wildman–Crippen MR) is 215 cm³/mol. The highest BCUT2D eigenvalue weighted by Gasteiger charge is 2.24. The van der Waals surface area contributed by atoms with Crippen molar-refractivity contribution in [1.29, 1.82) is 0 Å². The summed E-state index contributed by atoms with van der Waals surface area (Å²) in [5.74, 6) is 0. The lowest BCUT2D eigenvalue weighted by Gasteiger charge is -2.28. The van der Waals surface area contributed by atoms with Gasteiger partial charge in [0.05, 0.1) is 27.8 Å². The number of furan rings is 1. The molecule has 0 aliphatic rings. The summed E-state index contributed by atoms with van der Waals surface area (Å²) in [6.07, 6.45) is 0. The Kier molecular flexibility index (Phi) is 5.96. The Morgan fingerprint density at radius 2 is 0.980 bits per heavy atom. The first-order chi connectivity index (χ1) is 25.3. The van der Waals surface area contributed by atoms with E-state index in [0.29, 0.717) is 0 Å². The highest BCUT2D eigenvalue weighted by atomic mass is 16.3. The third kappa shape index (κ3) is 4.12. The van der Waals surface area contributed by atoms with Crippen LogP contribution in [0.25, 0.3) is 81.7 Å². The number of benzene rings is 9. The van der Waals surface area contributed by atoms with Crippen molar-refractivity contribution in [2.75, 3.05) is 4.90 Å². The zero-order chi connectivity index (χ0) is 33.5. The van der Waals surface area contributed by atoms with E-state index in [1.165, 1.54) is 48.6 Å². The summed E-state index contributed by atoms with van der Waals surface area (Å²) >= 11 is 0. The predicted octanol–water partition coefficient (Wildman–Crippen LogP) is 13.6. The first-order valence-corrected chi connectivity index (χ1v) is 17.4. The minimum absolute atomic E-state index is 0.871. The fourth-order valence-electron chi connectivity index (χ4n) is 8.34. The zero-order valence-corrected chi connectivity index (χ0v) is 27.6. The van der Waals surface area contributed by atoms with Crippen molar-refractivity contribution in [3.63, 3.8) is 0 Å². The Balaban J connectivity index is 1.27. The molecule has 0 aliphatic carbocycles. The molecule has 238 valence electrons. The van der Waals surface area contributed by atoms with Crippen molar-refractivity contribution in [2.45, 2.75) is 0 Å². The number of rotatable bonds is 4. The van der Waals surface area contributed by atoms with Crippen molar-refractivity contribution in [3.8, 4) is 5.69 Å². The van der Waals surface area contributed by atoms with Gasteiger partial charge in [-0.25, -0.2) is 0 Å². The van der Waals surface area contributed by atoms with Crippen molar-refractivity contribution in [3.05, 3.63) is 182 Å². The lowest BCUT2D eigenvalue weighted by atomic mass is 9.96. The molecule has 0 aliphatic heterocycles. The van der Waals surface area contributed by atoms with E-state index in [-0.39, 0.29) is 0 Å². The summed E-state index contributed by atoms with van der Waals surface area (Å²) in [6.45, 7) is 0. The van der Waals surface area contributed by atoms with Crippen LogP contribution in [0.3, 0.4) is 0 Å². The van der Waals surface area contributed by atoms with E-state index in [1.54, 1.807) is 0 Å². The second kappa shape index (κ2) is 10.8. The highest BCUT2D eigenvalue weighted by molar-refractivity contribution is 6.21. The maximum Gasteiger partial charge on any atom is 0.137 e. The highest BCUT2D eigenvalue weighted by Crippen LogP contribution is 2.48. The molecule has 11 aromatic rings. The maximum absolute atomic E-state index is 6.47. The van der Waals surface area contributed by atoms with Gasteiger partial charge in [-0.3, -0.25) is 0 Å². The number of fused-ring (bicyclic) bond motifs is 11. The molecule has 0 N–H and O–H groups in total. The summed E-state index contributed by atoms with van der Waals surface area (Å²) < 4.78 is 8.86. The summed E-state index contributed by atoms with van der Waals surface area (Å²) in [5.41, 5.74) is 8.50. The second-order valence-corrected chi connectivity index (χ2v) is 13.3. The van der Waals surface area contributed by atoms with E-state index in [1.807, 2.05) is 6.07 Å². The Morgan fingerprint density at radius 3 is 1.84 bits per heavy atom. The van der Waals surface area contributed by atoms with E-state index in [2.05, 4.69) is 185 Å². The Bertz CT molecular complexity index is 3150. The molecule has 3 nitrogen and oxygen atoms in total. The average molecular weight is 651 g/mol. The molecule has 0 fully saturated rings. The molecule has 9 aromatic carbocycles. The number of nitrogens with zero attached hydrogens (tertiary/aromatic N) is 2. The van der Waals surface area contributed by atoms with E-state index < -0.39 is 0 Å². The molecule has 51 heavy (non-hydrogen) atoms. The van der Waals surface area contributed by atoms with Gasteiger partial charge in [-0.2, -0.15) is 0 Å². The topological polar surface area (TPSA) is 21.3 Å². The molecule has 0 bridgehead atoms. The Labute approximate surface area is 293 Å². The molecule has 0 saturated heterocycles. The van der Waals surface area contributed by atoms with Gasteiger partial charge in [-0.1, -0.05) is 121 Å². The third-order valence-electron chi connectivity index (χ3n) is 10.5. The van der Waals surface area contributed by atoms with Crippen LogP contribution in [0.2, 0.25) is 0 Å². The summed E-state index contributed by atoms with van der Waals surface area (Å²) in [6, 6.07) is 65.6. The molecule has 0 radical (unpaired) electrons. The molecule has 0 amide bonds. The number of hydrogen-bond donors (Lipinski definition) is 0. The van der Waals surface area contributed by atoms with Gasteiger partial charge in [0, 0.05) is 27.5 Å². The lowest BCUT2D eigenvalue weighted by molar-refractivity contribution is 0.669. The quantitative estimate of drug-likeness (QED) is 0.177. The van der Waals surface area contributed by atoms with Crippen LogP contribution in [-0.2, 0) is 0 Å². The first-order valence-electron chi connectivity index (χ1n) is 17.4. The third-order valence-corrected chi connectivity index (χ3v) is 10.5. The molecule has 0 atom stereocenters. The van der Waals surface area contributed by atoms with Crippen molar-refractivity contribution in [2.24, 2.45) is 0 Å². The van der Waals surface area contributed by atoms with Crippen LogP contribution < -0.4 is 4.90 Å². The molecular formula is C48H30N2O. The van der Waals surface area contributed by atoms with E-state index in [4.69, 9.17) is 4.42 Å². The molecule has 2 aromatic heterocycles. The van der Waals surface area contributed by atoms with Gasteiger partial charge in [-0.05, 0) is 93.0 Å². The van der Waals surface area contributed by atoms with Crippen LogP contribution in [-0.4, -0.2) is 4.57 Å². The van der Waals surface area contributed by atoms with Gasteiger partial charge in [0.1, 0.15) is 11.2 Å². The maximum atomic E-state index is 6.47. The number of hydrogen-bond acceptors (Lipinski definition) is 2. The fraction of sp³-hybridized carbons (Fsp3) is 0. The smallest absolute Gasteiger partial charge is 0.137 e. The standard InChI is InChI=1S/C48H30N2O/c1-2-13-33(14-3-1)49-41-18-8-6-16-38(41)47-42(49)19-10-20-43(47)50(44-21-11-23-46-48(44)39-17-7-9-22-45(39)51-46)34-27-24-32-26-28-36-35-15-5-4-12-31(35)25-29-37(36)40(32)30-34/h1-30H. The van der Waals surface area contributed by atoms with Crippen LogP contribution >= 0.6 is 0 Å². The summed E-state index contributed by atoms with van der Waals surface area (Å²) in [7, 11) is 0. The Hall–Kier alpha value is -6.84. The van der Waals surface area contributed by atoms with Crippen LogP contribution in [0.15, 0.2) is 186 Å². The molecule has 0 unspecified atom stereocenters. The number of anilines is 3. The van der Waals surface area contributed by atoms with E-state index in [0.717, 1.165) is 50.2 Å². The van der Waals surface area contributed by atoms with Gasteiger partial charge in [0.25, 0.3) is 0 Å². The van der Waals surface area contributed by atoms with Gasteiger partial charge >= 0.3 is 0 Å². The van der Waals surface area contributed by atoms with Crippen molar-refractivity contribution in [1.82, 2.24) is 4.57 Å². The summed E-state index contributed by atoms with van der Waals surface area (Å²) in [4.78, 5) is 2.45. The lowest BCUT2D eigenvalue weighted by Crippen LogP contribution is -2.11. The van der Waals surface area contributed by atoms with Crippen LogP contribution in [0.5, 0.6) is 0 Å². The van der Waals surface area contributed by atoms with E-state index in [9.17, 15) is 0 Å².